The van der Waals surface area contributed by atoms with Crippen LogP contribution in [0, 0.1) is 11.3 Å². The number of methoxy groups -OCH3 is 1. The van der Waals surface area contributed by atoms with Gasteiger partial charge in [0.15, 0.2) is 0 Å². The Kier molecular flexibility index (Phi) is 5.30. The van der Waals surface area contributed by atoms with Crippen molar-refractivity contribution in [3.63, 3.8) is 0 Å². The van der Waals surface area contributed by atoms with Gasteiger partial charge in [-0.2, -0.15) is 5.26 Å². The lowest BCUT2D eigenvalue weighted by Gasteiger charge is -2.34. The Morgan fingerprint density at radius 1 is 0.971 bits per heavy atom. The zero-order valence-electron chi connectivity index (χ0n) is 19.6. The number of fused-ring (bicyclic) bond motifs is 5. The lowest BCUT2D eigenvalue weighted by molar-refractivity contribution is 0.0866. The van der Waals surface area contributed by atoms with Gasteiger partial charge in [-0.3, -0.25) is 4.90 Å². The molecule has 2 aliphatic heterocycles. The van der Waals surface area contributed by atoms with Crippen molar-refractivity contribution in [1.82, 2.24) is 4.90 Å². The summed E-state index contributed by atoms with van der Waals surface area (Å²) in [5.74, 6) is 0.632. The van der Waals surface area contributed by atoms with Crippen LogP contribution in [-0.4, -0.2) is 36.8 Å². The van der Waals surface area contributed by atoms with Crippen LogP contribution in [0.5, 0.6) is 5.75 Å². The molecule has 3 aromatic rings. The third-order valence-corrected chi connectivity index (χ3v) is 7.65. The fraction of sp³-hybridized carbons (Fsp3) is 0.267. The van der Waals surface area contributed by atoms with E-state index in [0.29, 0.717) is 24.3 Å². The molecule has 6 rings (SSSR count). The molecule has 0 N–H and O–H groups in total. The summed E-state index contributed by atoms with van der Waals surface area (Å²) in [6.07, 6.45) is 4.44. The number of nitrogens with zero attached hydrogens (tertiary/aromatic N) is 2. The topological polar surface area (TPSA) is 62.6 Å². The quantitative estimate of drug-likeness (QED) is 0.467. The van der Waals surface area contributed by atoms with Crippen molar-refractivity contribution in [3.8, 4) is 22.9 Å². The largest absolute Gasteiger partial charge is 0.495 e. The molecular formula is C30H26N2O3. The molecule has 2 heterocycles. The maximum atomic E-state index is 13.3. The van der Waals surface area contributed by atoms with Crippen molar-refractivity contribution in [3.05, 3.63) is 95.1 Å². The van der Waals surface area contributed by atoms with Crippen molar-refractivity contribution < 1.29 is 14.3 Å². The normalized spacial score (nSPS) is 20.0. The summed E-state index contributed by atoms with van der Waals surface area (Å²) in [7, 11) is 1.58. The summed E-state index contributed by atoms with van der Waals surface area (Å²) in [6, 6.07) is 24.8. The van der Waals surface area contributed by atoms with Crippen LogP contribution in [0.15, 0.2) is 72.8 Å². The number of carbonyl (C=O) groups excluding carboxylic acids is 1. The number of amides is 1. The molecular weight excluding hydrogens is 436 g/mol. The van der Waals surface area contributed by atoms with Gasteiger partial charge in [0.1, 0.15) is 24.0 Å². The number of hydrogen-bond donors (Lipinski definition) is 0. The van der Waals surface area contributed by atoms with E-state index in [1.165, 1.54) is 22.3 Å². The molecule has 1 saturated heterocycles. The first-order valence-electron chi connectivity index (χ1n) is 12.1. The lowest BCUT2D eigenvalue weighted by atomic mass is 9.91. The molecule has 2 bridgehead atoms. The first-order chi connectivity index (χ1) is 17.2. The number of rotatable bonds is 4. The highest BCUT2D eigenvalue weighted by Crippen LogP contribution is 2.45. The average molecular weight is 463 g/mol. The Hall–Kier alpha value is -4.04. The zero-order valence-corrected chi connectivity index (χ0v) is 19.6. The summed E-state index contributed by atoms with van der Waals surface area (Å²) >= 11 is 0. The van der Waals surface area contributed by atoms with E-state index in [-0.39, 0.29) is 24.1 Å². The molecule has 1 fully saturated rings. The predicted octanol–water partition coefficient (Wildman–Crippen LogP) is 6.14. The molecule has 0 radical (unpaired) electrons. The third kappa shape index (κ3) is 3.49. The SMILES string of the molecule is COc1cccc(C2=CC3CCC(C2)N3C(=O)OCC2c3ccccc3-c3ccccc32)c1C#N. The second kappa shape index (κ2) is 8.63. The summed E-state index contributed by atoms with van der Waals surface area (Å²) in [5, 5.41) is 9.72. The van der Waals surface area contributed by atoms with Gasteiger partial charge in [0.2, 0.25) is 0 Å². The molecule has 5 nitrogen and oxygen atoms in total. The monoisotopic (exact) mass is 462 g/mol. The van der Waals surface area contributed by atoms with E-state index in [1.807, 2.05) is 35.2 Å². The van der Waals surface area contributed by atoms with Crippen LogP contribution >= 0.6 is 0 Å². The van der Waals surface area contributed by atoms with Crippen molar-refractivity contribution in [1.29, 1.82) is 5.26 Å². The molecule has 2 atom stereocenters. The second-order valence-electron chi connectivity index (χ2n) is 9.40. The van der Waals surface area contributed by atoms with Gasteiger partial charge in [-0.25, -0.2) is 4.79 Å². The van der Waals surface area contributed by atoms with Gasteiger partial charge in [-0.1, -0.05) is 66.7 Å². The highest BCUT2D eigenvalue weighted by atomic mass is 16.6. The van der Waals surface area contributed by atoms with E-state index in [9.17, 15) is 10.1 Å². The molecule has 0 aromatic heterocycles. The van der Waals surface area contributed by atoms with Gasteiger partial charge < -0.3 is 9.47 Å². The standard InChI is InChI=1S/C30H26N2O3/c1-34-29-12-6-11-22(27(29)17-31)19-15-20-13-14-21(16-19)32(20)30(33)35-18-28-25-9-4-2-7-23(25)24-8-3-5-10-26(24)28/h2-12,15,20-21,28H,13-14,16,18H2,1H3. The van der Waals surface area contributed by atoms with E-state index in [4.69, 9.17) is 9.47 Å². The van der Waals surface area contributed by atoms with Crippen molar-refractivity contribution in [2.75, 3.05) is 13.7 Å². The Balaban J connectivity index is 1.22. The molecule has 1 amide bonds. The van der Waals surface area contributed by atoms with E-state index >= 15 is 0 Å². The number of benzene rings is 3. The predicted molar refractivity (Wildman–Crippen MR) is 134 cm³/mol. The molecule has 174 valence electrons. The van der Waals surface area contributed by atoms with E-state index in [2.05, 4.69) is 48.5 Å². The Morgan fingerprint density at radius 2 is 1.66 bits per heavy atom. The number of nitriles is 1. The molecule has 1 aliphatic carbocycles. The molecule has 3 aliphatic rings. The van der Waals surface area contributed by atoms with Crippen LogP contribution in [0.25, 0.3) is 16.7 Å². The van der Waals surface area contributed by atoms with Crippen LogP contribution in [-0.2, 0) is 4.74 Å². The van der Waals surface area contributed by atoms with Gasteiger partial charge in [0, 0.05) is 12.0 Å². The maximum Gasteiger partial charge on any atom is 0.410 e. The minimum Gasteiger partial charge on any atom is -0.495 e. The van der Waals surface area contributed by atoms with E-state index in [0.717, 1.165) is 24.0 Å². The van der Waals surface area contributed by atoms with Crippen LogP contribution in [0.4, 0.5) is 4.79 Å². The fourth-order valence-corrected chi connectivity index (χ4v) is 6.07. The summed E-state index contributed by atoms with van der Waals surface area (Å²) in [4.78, 5) is 15.2. The summed E-state index contributed by atoms with van der Waals surface area (Å²) in [5.41, 5.74) is 7.43. The lowest BCUT2D eigenvalue weighted by Crippen LogP contribution is -2.43. The smallest absolute Gasteiger partial charge is 0.410 e. The minimum absolute atomic E-state index is 0.0165. The number of hydrogen-bond acceptors (Lipinski definition) is 4. The van der Waals surface area contributed by atoms with Gasteiger partial charge in [0.25, 0.3) is 0 Å². The summed E-state index contributed by atoms with van der Waals surface area (Å²) in [6.45, 7) is 0.327. The first kappa shape index (κ1) is 21.5. The van der Waals surface area contributed by atoms with Crippen LogP contribution < -0.4 is 4.74 Å². The van der Waals surface area contributed by atoms with E-state index in [1.54, 1.807) is 7.11 Å². The molecule has 3 aromatic carbocycles. The fourth-order valence-electron chi connectivity index (χ4n) is 6.07. The maximum absolute atomic E-state index is 13.3. The first-order valence-corrected chi connectivity index (χ1v) is 12.1. The zero-order chi connectivity index (χ0) is 23.9. The second-order valence-corrected chi connectivity index (χ2v) is 9.40. The van der Waals surface area contributed by atoms with Crippen LogP contribution in [0.3, 0.4) is 0 Å². The third-order valence-electron chi connectivity index (χ3n) is 7.65. The molecule has 2 unspecified atom stereocenters. The summed E-state index contributed by atoms with van der Waals surface area (Å²) < 4.78 is 11.4. The van der Waals surface area contributed by atoms with Gasteiger partial charge in [-0.15, -0.1) is 0 Å². The Morgan fingerprint density at radius 3 is 2.31 bits per heavy atom. The van der Waals surface area contributed by atoms with Crippen LogP contribution in [0.1, 0.15) is 47.4 Å². The van der Waals surface area contributed by atoms with Gasteiger partial charge in [-0.05, 0) is 58.7 Å². The highest BCUT2D eigenvalue weighted by molar-refractivity contribution is 5.80. The average Bonchev–Trinajstić information content (AvgIpc) is 3.37. The van der Waals surface area contributed by atoms with E-state index < -0.39 is 0 Å². The van der Waals surface area contributed by atoms with Gasteiger partial charge in [0.05, 0.1) is 13.2 Å². The highest BCUT2D eigenvalue weighted by Gasteiger charge is 2.41. The van der Waals surface area contributed by atoms with Crippen molar-refractivity contribution >= 4 is 11.7 Å². The molecule has 0 saturated carbocycles. The Labute approximate surface area is 205 Å². The number of ether oxygens (including phenoxy) is 2. The molecule has 0 spiro atoms. The minimum atomic E-state index is -0.249. The number of carbonyl (C=O) groups is 1. The Bertz CT molecular complexity index is 1340. The van der Waals surface area contributed by atoms with Crippen molar-refractivity contribution in [2.24, 2.45) is 0 Å². The van der Waals surface area contributed by atoms with Crippen molar-refractivity contribution in [2.45, 2.75) is 37.3 Å². The van der Waals surface area contributed by atoms with Crippen LogP contribution in [0.2, 0.25) is 0 Å². The van der Waals surface area contributed by atoms with Gasteiger partial charge >= 0.3 is 6.09 Å². The molecule has 35 heavy (non-hydrogen) atoms. The molecule has 5 heteroatoms.